The number of hydrogen-bond donors (Lipinski definition) is 2. The molecule has 0 bridgehead atoms. The highest BCUT2D eigenvalue weighted by Crippen LogP contribution is 2.26. The van der Waals surface area contributed by atoms with E-state index in [-0.39, 0.29) is 24.3 Å². The second-order valence-corrected chi connectivity index (χ2v) is 6.00. The largest absolute Gasteiger partial charge is 0.505 e. The van der Waals surface area contributed by atoms with E-state index in [9.17, 15) is 14.7 Å². The molecule has 0 aliphatic heterocycles. The van der Waals surface area contributed by atoms with Gasteiger partial charge in [-0.15, -0.1) is 0 Å². The van der Waals surface area contributed by atoms with Gasteiger partial charge in [0.2, 0.25) is 0 Å². The molecule has 2 N–H and O–H groups in total. The summed E-state index contributed by atoms with van der Waals surface area (Å²) in [7, 11) is 0. The topological polar surface area (TPSA) is 88.5 Å². The van der Waals surface area contributed by atoms with Crippen molar-refractivity contribution in [2.45, 2.75) is 19.4 Å². The molecule has 0 fully saturated rings. The summed E-state index contributed by atoms with van der Waals surface area (Å²) in [5.41, 5.74) is 1.28. The van der Waals surface area contributed by atoms with E-state index in [2.05, 4.69) is 10.3 Å². The fourth-order valence-electron chi connectivity index (χ4n) is 2.83. The maximum Gasteiger partial charge on any atom is 0.328 e. The Labute approximate surface area is 156 Å². The van der Waals surface area contributed by atoms with Gasteiger partial charge < -0.3 is 15.2 Å². The molecule has 0 unspecified atom stereocenters. The van der Waals surface area contributed by atoms with Gasteiger partial charge in [-0.2, -0.15) is 0 Å². The summed E-state index contributed by atoms with van der Waals surface area (Å²) in [6.45, 7) is 1.92. The number of phenolic OH excluding ortho intramolecular Hbond substituents is 1. The van der Waals surface area contributed by atoms with E-state index in [4.69, 9.17) is 4.74 Å². The number of fused-ring (bicyclic) bond motifs is 1. The van der Waals surface area contributed by atoms with Crippen LogP contribution in [0, 0.1) is 0 Å². The minimum atomic E-state index is -0.862. The van der Waals surface area contributed by atoms with Gasteiger partial charge in [0, 0.05) is 18.0 Å². The van der Waals surface area contributed by atoms with Crippen molar-refractivity contribution in [1.82, 2.24) is 10.3 Å². The molecule has 6 nitrogen and oxygen atoms in total. The van der Waals surface area contributed by atoms with Crippen LogP contribution in [0.1, 0.15) is 22.8 Å². The number of benzene rings is 2. The Bertz CT molecular complexity index is 957. The highest BCUT2D eigenvalue weighted by molar-refractivity contribution is 6.03. The standard InChI is InChI=1S/C21H20N2O4/c1-2-27-21(26)17(13-14-7-4-3-5-8-14)23-20(25)16-11-10-15-9-6-12-22-18(15)19(16)24/h3-12,17,24H,2,13H2,1H3,(H,23,25)/t17-/m0/s1. The first-order valence-electron chi connectivity index (χ1n) is 8.68. The monoisotopic (exact) mass is 364 g/mol. The third-order valence-corrected chi connectivity index (χ3v) is 4.15. The first kappa shape index (κ1) is 18.4. The lowest BCUT2D eigenvalue weighted by atomic mass is 10.0. The van der Waals surface area contributed by atoms with Gasteiger partial charge in [-0.25, -0.2) is 4.79 Å². The maximum absolute atomic E-state index is 12.7. The Balaban J connectivity index is 1.85. The molecule has 1 atom stereocenters. The van der Waals surface area contributed by atoms with Crippen molar-refractivity contribution >= 4 is 22.8 Å². The Kier molecular flexibility index (Phi) is 5.66. The molecule has 3 rings (SSSR count). The van der Waals surface area contributed by atoms with E-state index in [0.717, 1.165) is 10.9 Å². The van der Waals surface area contributed by atoms with Crippen molar-refractivity contribution in [3.05, 3.63) is 71.9 Å². The minimum absolute atomic E-state index is 0.0589. The Morgan fingerprint density at radius 2 is 1.89 bits per heavy atom. The number of aromatic nitrogens is 1. The molecular formula is C21H20N2O4. The van der Waals surface area contributed by atoms with Gasteiger partial charge in [0.05, 0.1) is 12.2 Å². The first-order chi connectivity index (χ1) is 13.1. The Morgan fingerprint density at radius 3 is 2.63 bits per heavy atom. The van der Waals surface area contributed by atoms with Crippen LogP contribution in [0.15, 0.2) is 60.8 Å². The van der Waals surface area contributed by atoms with Crippen LogP contribution in [0.3, 0.4) is 0 Å². The van der Waals surface area contributed by atoms with Crippen LogP contribution >= 0.6 is 0 Å². The number of rotatable bonds is 6. The fraction of sp³-hybridized carbons (Fsp3) is 0.190. The van der Waals surface area contributed by atoms with Gasteiger partial charge in [0.15, 0.2) is 5.75 Å². The number of ether oxygens (including phenoxy) is 1. The second kappa shape index (κ2) is 8.31. The summed E-state index contributed by atoms with van der Waals surface area (Å²) >= 11 is 0. The molecule has 0 saturated heterocycles. The van der Waals surface area contributed by atoms with Crippen LogP contribution in [0.5, 0.6) is 5.75 Å². The van der Waals surface area contributed by atoms with E-state index in [1.165, 1.54) is 6.07 Å². The van der Waals surface area contributed by atoms with Crippen LogP contribution in [0.4, 0.5) is 0 Å². The van der Waals surface area contributed by atoms with Crippen LogP contribution < -0.4 is 5.32 Å². The van der Waals surface area contributed by atoms with Crippen LogP contribution in [0.2, 0.25) is 0 Å². The zero-order valence-electron chi connectivity index (χ0n) is 14.9. The van der Waals surface area contributed by atoms with E-state index >= 15 is 0 Å². The smallest absolute Gasteiger partial charge is 0.328 e. The average Bonchev–Trinajstić information content (AvgIpc) is 2.69. The summed E-state index contributed by atoms with van der Waals surface area (Å²) in [6, 6.07) is 15.2. The van der Waals surface area contributed by atoms with E-state index in [0.29, 0.717) is 5.52 Å². The number of aromatic hydroxyl groups is 1. The summed E-state index contributed by atoms with van der Waals surface area (Å²) in [6.07, 6.45) is 1.83. The maximum atomic E-state index is 12.7. The normalized spacial score (nSPS) is 11.7. The molecule has 0 spiro atoms. The molecule has 0 radical (unpaired) electrons. The fourth-order valence-corrected chi connectivity index (χ4v) is 2.83. The molecule has 3 aromatic rings. The van der Waals surface area contributed by atoms with E-state index in [1.807, 2.05) is 30.3 Å². The van der Waals surface area contributed by atoms with Gasteiger partial charge in [0.1, 0.15) is 11.6 Å². The summed E-state index contributed by atoms with van der Waals surface area (Å²) in [5.74, 6) is -1.30. The molecule has 0 aliphatic rings. The summed E-state index contributed by atoms with van der Waals surface area (Å²) in [5, 5.41) is 13.8. The lowest BCUT2D eigenvalue weighted by Crippen LogP contribution is -2.43. The third kappa shape index (κ3) is 4.23. The van der Waals surface area contributed by atoms with Gasteiger partial charge in [-0.1, -0.05) is 42.5 Å². The number of nitrogens with one attached hydrogen (secondary N) is 1. The Morgan fingerprint density at radius 1 is 1.11 bits per heavy atom. The van der Waals surface area contributed by atoms with Gasteiger partial charge in [-0.05, 0) is 24.6 Å². The first-order valence-corrected chi connectivity index (χ1v) is 8.68. The quantitative estimate of drug-likeness (QED) is 0.657. The predicted molar refractivity (Wildman–Crippen MR) is 101 cm³/mol. The van der Waals surface area contributed by atoms with Crippen molar-refractivity contribution in [2.75, 3.05) is 6.61 Å². The summed E-state index contributed by atoms with van der Waals surface area (Å²) < 4.78 is 5.08. The molecule has 0 saturated carbocycles. The SMILES string of the molecule is CCOC(=O)[C@H](Cc1ccccc1)NC(=O)c1ccc2cccnc2c1O. The van der Waals surface area contributed by atoms with Crippen molar-refractivity contribution in [1.29, 1.82) is 0 Å². The van der Waals surface area contributed by atoms with E-state index in [1.54, 1.807) is 31.3 Å². The number of amides is 1. The molecule has 1 amide bonds. The van der Waals surface area contributed by atoms with Crippen LogP contribution in [-0.2, 0) is 16.0 Å². The highest BCUT2D eigenvalue weighted by atomic mass is 16.5. The number of hydrogen-bond acceptors (Lipinski definition) is 5. The van der Waals surface area contributed by atoms with Gasteiger partial charge in [-0.3, -0.25) is 9.78 Å². The second-order valence-electron chi connectivity index (χ2n) is 6.00. The lowest BCUT2D eigenvalue weighted by Gasteiger charge is -2.18. The number of nitrogens with zero attached hydrogens (tertiary/aromatic N) is 1. The number of phenols is 1. The minimum Gasteiger partial charge on any atom is -0.505 e. The van der Waals surface area contributed by atoms with Crippen LogP contribution in [0.25, 0.3) is 10.9 Å². The number of esters is 1. The molecule has 1 aromatic heterocycles. The van der Waals surface area contributed by atoms with Crippen molar-refractivity contribution < 1.29 is 19.4 Å². The zero-order chi connectivity index (χ0) is 19.2. The molecule has 6 heteroatoms. The number of pyridine rings is 1. The molecule has 2 aromatic carbocycles. The van der Waals surface area contributed by atoms with E-state index < -0.39 is 17.9 Å². The zero-order valence-corrected chi connectivity index (χ0v) is 14.9. The van der Waals surface area contributed by atoms with Crippen LogP contribution in [-0.4, -0.2) is 34.6 Å². The lowest BCUT2D eigenvalue weighted by molar-refractivity contribution is -0.145. The molecule has 0 aliphatic carbocycles. The van der Waals surface area contributed by atoms with Gasteiger partial charge in [0.25, 0.3) is 5.91 Å². The summed E-state index contributed by atoms with van der Waals surface area (Å²) in [4.78, 5) is 29.1. The molecule has 1 heterocycles. The molecule has 27 heavy (non-hydrogen) atoms. The molecular weight excluding hydrogens is 344 g/mol. The van der Waals surface area contributed by atoms with Gasteiger partial charge >= 0.3 is 5.97 Å². The Hall–Kier alpha value is -3.41. The average molecular weight is 364 g/mol. The molecule has 138 valence electrons. The highest BCUT2D eigenvalue weighted by Gasteiger charge is 2.25. The number of carbonyl (C=O) groups excluding carboxylic acids is 2. The van der Waals surface area contributed by atoms with Crippen molar-refractivity contribution in [2.24, 2.45) is 0 Å². The van der Waals surface area contributed by atoms with Crippen molar-refractivity contribution in [3.63, 3.8) is 0 Å². The van der Waals surface area contributed by atoms with Crippen molar-refractivity contribution in [3.8, 4) is 5.75 Å². The third-order valence-electron chi connectivity index (χ3n) is 4.15. The number of carbonyl (C=O) groups is 2. The predicted octanol–water partition coefficient (Wildman–Crippen LogP) is 2.84.